The first-order valence-electron chi connectivity index (χ1n) is 9.35. The number of hydrogen-bond donors (Lipinski definition) is 3. The van der Waals surface area contributed by atoms with Crippen LogP contribution in [0.25, 0.3) is 0 Å². The molecule has 3 N–H and O–H groups in total. The molecule has 158 valence electrons. The number of nitrogens with zero attached hydrogens (tertiary/aromatic N) is 2. The molecule has 0 aliphatic carbocycles. The fourth-order valence-corrected chi connectivity index (χ4v) is 3.38. The summed E-state index contributed by atoms with van der Waals surface area (Å²) in [5, 5.41) is 16.8. The second kappa shape index (κ2) is 11.0. The van der Waals surface area contributed by atoms with Gasteiger partial charge in [-0.25, -0.2) is 0 Å². The van der Waals surface area contributed by atoms with Gasteiger partial charge in [-0.2, -0.15) is 0 Å². The standard InChI is InChI=1S/C21H28N4O3.HI/c1-22-21(23-13-15-11-18(27-2)20(26)19(12-15)28-3)24-16-9-10-25(14-16)17-7-5-4-6-8-17;/h4-8,11-12,16,26H,9-10,13-14H2,1-3H3,(H2,22,23,24);1H. The van der Waals surface area contributed by atoms with E-state index in [-0.39, 0.29) is 29.7 Å². The number of phenolic OH excluding ortho intramolecular Hbond substituents is 1. The third-order valence-electron chi connectivity index (χ3n) is 4.87. The second-order valence-corrected chi connectivity index (χ2v) is 6.69. The van der Waals surface area contributed by atoms with Gasteiger partial charge in [0, 0.05) is 38.4 Å². The molecule has 1 aliphatic heterocycles. The zero-order valence-corrected chi connectivity index (χ0v) is 19.3. The Bertz CT molecular complexity index is 792. The molecule has 0 amide bonds. The van der Waals surface area contributed by atoms with Crippen molar-refractivity contribution in [3.63, 3.8) is 0 Å². The summed E-state index contributed by atoms with van der Waals surface area (Å²) in [4.78, 5) is 6.71. The smallest absolute Gasteiger partial charge is 0.200 e. The van der Waals surface area contributed by atoms with E-state index in [9.17, 15) is 5.11 Å². The number of anilines is 1. The van der Waals surface area contributed by atoms with Gasteiger partial charge in [0.05, 0.1) is 14.2 Å². The molecule has 0 spiro atoms. The third kappa shape index (κ3) is 5.81. The van der Waals surface area contributed by atoms with E-state index in [1.807, 2.05) is 6.07 Å². The Balaban J connectivity index is 0.00000300. The molecule has 2 aromatic carbocycles. The SMILES string of the molecule is CN=C(NCc1cc(OC)c(O)c(OC)c1)NC1CCN(c2ccccc2)C1.I. The highest BCUT2D eigenvalue weighted by molar-refractivity contribution is 14.0. The van der Waals surface area contributed by atoms with Gasteiger partial charge in [-0.05, 0) is 36.2 Å². The average molecular weight is 512 g/mol. The number of phenols is 1. The van der Waals surface area contributed by atoms with E-state index in [1.54, 1.807) is 19.2 Å². The molecule has 1 heterocycles. The van der Waals surface area contributed by atoms with Gasteiger partial charge in [0.25, 0.3) is 0 Å². The van der Waals surface area contributed by atoms with Gasteiger partial charge in [0.1, 0.15) is 0 Å². The molecule has 7 nitrogen and oxygen atoms in total. The van der Waals surface area contributed by atoms with E-state index in [0.717, 1.165) is 31.0 Å². The largest absolute Gasteiger partial charge is 0.502 e. The minimum Gasteiger partial charge on any atom is -0.502 e. The number of hydrogen-bond acceptors (Lipinski definition) is 5. The number of ether oxygens (including phenoxy) is 2. The molecule has 1 aliphatic rings. The number of benzene rings is 2. The van der Waals surface area contributed by atoms with Crippen molar-refractivity contribution in [3.05, 3.63) is 48.0 Å². The van der Waals surface area contributed by atoms with Crippen molar-refractivity contribution in [2.24, 2.45) is 4.99 Å². The van der Waals surface area contributed by atoms with Crippen LogP contribution in [0, 0.1) is 0 Å². The molecule has 8 heteroatoms. The Morgan fingerprint density at radius 3 is 2.41 bits per heavy atom. The predicted octanol–water partition coefficient (Wildman–Crippen LogP) is 2.97. The van der Waals surface area contributed by atoms with Crippen molar-refractivity contribution in [2.75, 3.05) is 39.3 Å². The van der Waals surface area contributed by atoms with E-state index >= 15 is 0 Å². The van der Waals surface area contributed by atoms with Gasteiger partial charge in [0.2, 0.25) is 5.75 Å². The lowest BCUT2D eigenvalue weighted by Crippen LogP contribution is -2.44. The van der Waals surface area contributed by atoms with Gasteiger partial charge in [-0.3, -0.25) is 4.99 Å². The Kier molecular flexibility index (Phi) is 8.69. The van der Waals surface area contributed by atoms with Crippen LogP contribution in [-0.2, 0) is 6.54 Å². The number of halogens is 1. The van der Waals surface area contributed by atoms with Gasteiger partial charge >= 0.3 is 0 Å². The summed E-state index contributed by atoms with van der Waals surface area (Å²) < 4.78 is 10.4. The summed E-state index contributed by atoms with van der Waals surface area (Å²) in [5.74, 6) is 1.51. The van der Waals surface area contributed by atoms with Crippen molar-refractivity contribution in [2.45, 2.75) is 19.0 Å². The lowest BCUT2D eigenvalue weighted by atomic mass is 10.2. The number of nitrogens with one attached hydrogen (secondary N) is 2. The Morgan fingerprint density at radius 1 is 1.17 bits per heavy atom. The summed E-state index contributed by atoms with van der Waals surface area (Å²) in [7, 11) is 4.80. The number of aliphatic imine (C=N–C) groups is 1. The molecule has 3 rings (SSSR count). The lowest BCUT2D eigenvalue weighted by Gasteiger charge is -2.20. The van der Waals surface area contributed by atoms with E-state index in [2.05, 4.69) is 44.8 Å². The predicted molar refractivity (Wildman–Crippen MR) is 127 cm³/mol. The maximum atomic E-state index is 10.0. The van der Waals surface area contributed by atoms with Crippen LogP contribution in [0.2, 0.25) is 0 Å². The lowest BCUT2D eigenvalue weighted by molar-refractivity contribution is 0.339. The number of rotatable bonds is 6. The molecule has 29 heavy (non-hydrogen) atoms. The highest BCUT2D eigenvalue weighted by Gasteiger charge is 2.23. The summed E-state index contributed by atoms with van der Waals surface area (Å²) in [6.45, 7) is 2.48. The molecular weight excluding hydrogens is 483 g/mol. The second-order valence-electron chi connectivity index (χ2n) is 6.69. The fourth-order valence-electron chi connectivity index (χ4n) is 3.38. The zero-order chi connectivity index (χ0) is 19.9. The monoisotopic (exact) mass is 512 g/mol. The van der Waals surface area contributed by atoms with Crippen LogP contribution in [0.15, 0.2) is 47.5 Å². The highest BCUT2D eigenvalue weighted by Crippen LogP contribution is 2.37. The first-order chi connectivity index (χ1) is 13.6. The van der Waals surface area contributed by atoms with E-state index in [1.165, 1.54) is 19.9 Å². The molecular formula is C21H29IN4O3. The molecule has 1 saturated heterocycles. The quantitative estimate of drug-likeness (QED) is 0.314. The van der Waals surface area contributed by atoms with Crippen molar-refractivity contribution < 1.29 is 14.6 Å². The molecule has 1 fully saturated rings. The normalized spacial score (nSPS) is 16.2. The molecule has 0 radical (unpaired) electrons. The van der Waals surface area contributed by atoms with Crippen molar-refractivity contribution in [1.82, 2.24) is 10.6 Å². The summed E-state index contributed by atoms with van der Waals surface area (Å²) in [5.41, 5.74) is 2.17. The molecule has 0 saturated carbocycles. The summed E-state index contributed by atoms with van der Waals surface area (Å²) in [6, 6.07) is 14.3. The molecule has 0 bridgehead atoms. The maximum absolute atomic E-state index is 10.0. The molecule has 1 atom stereocenters. The van der Waals surface area contributed by atoms with Gasteiger partial charge < -0.3 is 30.1 Å². The first-order valence-corrected chi connectivity index (χ1v) is 9.35. The molecule has 1 unspecified atom stereocenters. The van der Waals surface area contributed by atoms with Crippen LogP contribution < -0.4 is 25.0 Å². The van der Waals surface area contributed by atoms with Crippen LogP contribution in [0.4, 0.5) is 5.69 Å². The number of guanidine groups is 1. The first kappa shape index (κ1) is 22.9. The van der Waals surface area contributed by atoms with E-state index < -0.39 is 0 Å². The number of aromatic hydroxyl groups is 1. The maximum Gasteiger partial charge on any atom is 0.200 e. The summed E-state index contributed by atoms with van der Waals surface area (Å²) >= 11 is 0. The Morgan fingerprint density at radius 2 is 1.83 bits per heavy atom. The van der Waals surface area contributed by atoms with Gasteiger partial charge in [-0.1, -0.05) is 18.2 Å². The minimum absolute atomic E-state index is 0. The average Bonchev–Trinajstić information content (AvgIpc) is 3.21. The molecule has 2 aromatic rings. The Labute approximate surface area is 189 Å². The third-order valence-corrected chi connectivity index (χ3v) is 4.87. The highest BCUT2D eigenvalue weighted by atomic mass is 127. The fraction of sp³-hybridized carbons (Fsp3) is 0.381. The Hall–Kier alpha value is -2.36. The van der Waals surface area contributed by atoms with Crippen molar-refractivity contribution in [1.29, 1.82) is 0 Å². The number of methoxy groups -OCH3 is 2. The molecule has 0 aromatic heterocycles. The van der Waals surface area contributed by atoms with E-state index in [0.29, 0.717) is 24.1 Å². The van der Waals surface area contributed by atoms with Gasteiger partial charge in [0.15, 0.2) is 17.5 Å². The van der Waals surface area contributed by atoms with E-state index in [4.69, 9.17) is 9.47 Å². The van der Waals surface area contributed by atoms with Crippen molar-refractivity contribution >= 4 is 35.6 Å². The number of para-hydroxylation sites is 1. The van der Waals surface area contributed by atoms with Crippen LogP contribution in [0.1, 0.15) is 12.0 Å². The van der Waals surface area contributed by atoms with Gasteiger partial charge in [-0.15, -0.1) is 24.0 Å². The topological polar surface area (TPSA) is 78.4 Å². The van der Waals surface area contributed by atoms with Crippen molar-refractivity contribution in [3.8, 4) is 17.2 Å². The van der Waals surface area contributed by atoms with Crippen LogP contribution in [0.3, 0.4) is 0 Å². The zero-order valence-electron chi connectivity index (χ0n) is 17.0. The minimum atomic E-state index is 0. The van der Waals surface area contributed by atoms with Crippen LogP contribution in [-0.4, -0.2) is 51.5 Å². The van der Waals surface area contributed by atoms with Crippen LogP contribution in [0.5, 0.6) is 17.2 Å². The van der Waals surface area contributed by atoms with Crippen LogP contribution >= 0.6 is 24.0 Å². The summed E-state index contributed by atoms with van der Waals surface area (Å²) in [6.07, 6.45) is 1.05.